The lowest BCUT2D eigenvalue weighted by molar-refractivity contribution is 0.0981. The second-order valence-electron chi connectivity index (χ2n) is 6.45. The second-order valence-corrected chi connectivity index (χ2v) is 6.45. The Hall–Kier alpha value is -2.80. The minimum Gasteiger partial charge on any atom is -0.398 e. The Morgan fingerprint density at radius 1 is 1.19 bits per heavy atom. The van der Waals surface area contributed by atoms with Gasteiger partial charge in [-0.2, -0.15) is 0 Å². The number of rotatable bonds is 2. The number of fused-ring (bicyclic) bond motifs is 1. The Morgan fingerprint density at radius 3 is 2.74 bits per heavy atom. The molecule has 0 aromatic heterocycles. The van der Waals surface area contributed by atoms with Crippen LogP contribution in [-0.2, 0) is 6.42 Å². The van der Waals surface area contributed by atoms with Crippen LogP contribution in [0.2, 0.25) is 0 Å². The number of anilines is 3. The van der Waals surface area contributed by atoms with Crippen LogP contribution >= 0.6 is 12.4 Å². The van der Waals surface area contributed by atoms with Gasteiger partial charge in [0.25, 0.3) is 5.91 Å². The number of nitrogens with two attached hydrogens (primary N) is 1. The van der Waals surface area contributed by atoms with Gasteiger partial charge in [0.15, 0.2) is 0 Å². The molecule has 4 rings (SSSR count). The van der Waals surface area contributed by atoms with E-state index in [0.29, 0.717) is 31.0 Å². The van der Waals surface area contributed by atoms with Gasteiger partial charge in [0.1, 0.15) is 5.82 Å². The molecule has 3 amide bonds. The molecule has 0 radical (unpaired) electrons. The minimum atomic E-state index is -0.602. The maximum absolute atomic E-state index is 14.4. The van der Waals surface area contributed by atoms with Crippen LogP contribution in [0.15, 0.2) is 36.4 Å². The SMILES string of the molecule is Cl.Nc1cccc2c1CCCN2C(=O)c1cc(N2CCNC2=O)ccc1F. The molecule has 2 aromatic carbocycles. The average Bonchev–Trinajstić information content (AvgIpc) is 3.07. The number of halogens is 2. The zero-order valence-electron chi connectivity index (χ0n) is 14.6. The van der Waals surface area contributed by atoms with Gasteiger partial charge in [0.2, 0.25) is 0 Å². The van der Waals surface area contributed by atoms with E-state index in [1.807, 2.05) is 6.07 Å². The topological polar surface area (TPSA) is 78.7 Å². The van der Waals surface area contributed by atoms with Crippen LogP contribution in [-0.4, -0.2) is 31.6 Å². The molecule has 3 N–H and O–H groups in total. The van der Waals surface area contributed by atoms with Crippen molar-refractivity contribution in [2.24, 2.45) is 0 Å². The molecular weight excluding hydrogens is 371 g/mol. The van der Waals surface area contributed by atoms with E-state index in [0.717, 1.165) is 24.1 Å². The van der Waals surface area contributed by atoms with E-state index in [9.17, 15) is 14.0 Å². The van der Waals surface area contributed by atoms with Gasteiger partial charge >= 0.3 is 6.03 Å². The Balaban J connectivity index is 0.00000210. The lowest BCUT2D eigenvalue weighted by Crippen LogP contribution is -2.36. The fourth-order valence-electron chi connectivity index (χ4n) is 3.57. The molecule has 2 aliphatic heterocycles. The van der Waals surface area contributed by atoms with Gasteiger partial charge in [-0.25, -0.2) is 9.18 Å². The van der Waals surface area contributed by atoms with Crippen molar-refractivity contribution in [3.05, 3.63) is 53.3 Å². The number of hydrogen-bond donors (Lipinski definition) is 2. The summed E-state index contributed by atoms with van der Waals surface area (Å²) in [6.45, 7) is 1.52. The number of nitrogen functional groups attached to an aromatic ring is 1. The maximum atomic E-state index is 14.4. The van der Waals surface area contributed by atoms with Crippen molar-refractivity contribution < 1.29 is 14.0 Å². The molecule has 6 nitrogen and oxygen atoms in total. The first-order valence-electron chi connectivity index (χ1n) is 8.60. The van der Waals surface area contributed by atoms with Crippen molar-refractivity contribution in [3.63, 3.8) is 0 Å². The maximum Gasteiger partial charge on any atom is 0.321 e. The van der Waals surface area contributed by atoms with Crippen molar-refractivity contribution in [1.82, 2.24) is 5.32 Å². The predicted molar refractivity (Wildman–Crippen MR) is 105 cm³/mol. The normalized spacial score (nSPS) is 15.8. The Labute approximate surface area is 162 Å². The summed E-state index contributed by atoms with van der Waals surface area (Å²) < 4.78 is 14.4. The number of amides is 3. The van der Waals surface area contributed by atoms with Crippen molar-refractivity contribution in [2.45, 2.75) is 12.8 Å². The Kier molecular flexibility index (Phi) is 5.23. The Morgan fingerprint density at radius 2 is 2.00 bits per heavy atom. The highest BCUT2D eigenvalue weighted by Crippen LogP contribution is 2.33. The Bertz CT molecular complexity index is 905. The number of carbonyl (C=O) groups is 2. The van der Waals surface area contributed by atoms with Gasteiger partial charge in [-0.05, 0) is 48.7 Å². The second kappa shape index (κ2) is 7.44. The van der Waals surface area contributed by atoms with Gasteiger partial charge in [0, 0.05) is 36.7 Å². The molecule has 0 aliphatic carbocycles. The summed E-state index contributed by atoms with van der Waals surface area (Å²) in [5, 5.41) is 2.70. The molecule has 8 heteroatoms. The van der Waals surface area contributed by atoms with Crippen LogP contribution in [0.25, 0.3) is 0 Å². The third-order valence-electron chi connectivity index (χ3n) is 4.88. The van der Waals surface area contributed by atoms with E-state index in [-0.39, 0.29) is 24.0 Å². The molecule has 2 aromatic rings. The number of carbonyl (C=O) groups excluding carboxylic acids is 2. The standard InChI is InChI=1S/C19H19FN4O2.ClH/c20-15-7-6-12(23-10-8-22-19(23)26)11-14(15)18(25)24-9-2-3-13-16(21)4-1-5-17(13)24;/h1,4-7,11H,2-3,8-10,21H2,(H,22,26);1H. The summed E-state index contributed by atoms with van der Waals surface area (Å²) >= 11 is 0. The predicted octanol–water partition coefficient (Wildman–Crippen LogP) is 2.95. The summed E-state index contributed by atoms with van der Waals surface area (Å²) in [5.41, 5.74) is 8.78. The summed E-state index contributed by atoms with van der Waals surface area (Å²) in [5.74, 6) is -1.02. The average molecular weight is 391 g/mol. The van der Waals surface area contributed by atoms with E-state index >= 15 is 0 Å². The molecular formula is C19H20ClFN4O2. The molecule has 27 heavy (non-hydrogen) atoms. The van der Waals surface area contributed by atoms with Crippen LogP contribution in [0.1, 0.15) is 22.3 Å². The highest BCUT2D eigenvalue weighted by atomic mass is 35.5. The number of hydrogen-bond acceptors (Lipinski definition) is 3. The number of urea groups is 1. The van der Waals surface area contributed by atoms with Gasteiger partial charge in [-0.3, -0.25) is 9.69 Å². The lowest BCUT2D eigenvalue weighted by Gasteiger charge is -2.30. The third kappa shape index (κ3) is 3.30. The van der Waals surface area contributed by atoms with Gasteiger partial charge < -0.3 is 16.0 Å². The van der Waals surface area contributed by atoms with E-state index in [1.165, 1.54) is 23.1 Å². The zero-order chi connectivity index (χ0) is 18.3. The van der Waals surface area contributed by atoms with Crippen LogP contribution in [0, 0.1) is 5.82 Å². The van der Waals surface area contributed by atoms with Crippen LogP contribution in [0.3, 0.4) is 0 Å². The summed E-state index contributed by atoms with van der Waals surface area (Å²) in [6.07, 6.45) is 1.56. The molecule has 0 unspecified atom stereocenters. The minimum absolute atomic E-state index is 0. The fourth-order valence-corrected chi connectivity index (χ4v) is 3.57. The van der Waals surface area contributed by atoms with Gasteiger partial charge in [-0.15, -0.1) is 12.4 Å². The van der Waals surface area contributed by atoms with Crippen LogP contribution < -0.4 is 20.9 Å². The van der Waals surface area contributed by atoms with E-state index < -0.39 is 11.7 Å². The summed E-state index contributed by atoms with van der Waals surface area (Å²) in [7, 11) is 0. The number of nitrogens with zero attached hydrogens (tertiary/aromatic N) is 2. The first-order chi connectivity index (χ1) is 12.6. The number of nitrogens with one attached hydrogen (secondary N) is 1. The smallest absolute Gasteiger partial charge is 0.321 e. The van der Waals surface area contributed by atoms with Crippen LogP contribution in [0.4, 0.5) is 26.2 Å². The molecule has 0 atom stereocenters. The van der Waals surface area contributed by atoms with Crippen molar-refractivity contribution in [3.8, 4) is 0 Å². The first-order valence-corrected chi connectivity index (χ1v) is 8.60. The van der Waals surface area contributed by atoms with E-state index in [2.05, 4.69) is 5.32 Å². The molecule has 142 valence electrons. The van der Waals surface area contributed by atoms with E-state index in [1.54, 1.807) is 17.0 Å². The first kappa shape index (κ1) is 19.0. The molecule has 0 spiro atoms. The van der Waals surface area contributed by atoms with Crippen molar-refractivity contribution in [1.29, 1.82) is 0 Å². The molecule has 2 heterocycles. The highest BCUT2D eigenvalue weighted by molar-refractivity contribution is 6.08. The quantitative estimate of drug-likeness (QED) is 0.774. The largest absolute Gasteiger partial charge is 0.398 e. The zero-order valence-corrected chi connectivity index (χ0v) is 15.4. The number of benzene rings is 2. The van der Waals surface area contributed by atoms with Gasteiger partial charge in [0.05, 0.1) is 5.56 Å². The van der Waals surface area contributed by atoms with Crippen LogP contribution in [0.5, 0.6) is 0 Å². The lowest BCUT2D eigenvalue weighted by atomic mass is 9.99. The molecule has 2 aliphatic rings. The summed E-state index contributed by atoms with van der Waals surface area (Å²) in [6, 6.07) is 9.38. The van der Waals surface area contributed by atoms with Crippen molar-refractivity contribution >= 4 is 41.4 Å². The third-order valence-corrected chi connectivity index (χ3v) is 4.88. The monoisotopic (exact) mass is 390 g/mol. The molecule has 0 saturated carbocycles. The fraction of sp³-hybridized carbons (Fsp3) is 0.263. The summed E-state index contributed by atoms with van der Waals surface area (Å²) in [4.78, 5) is 28.0. The highest BCUT2D eigenvalue weighted by Gasteiger charge is 2.28. The molecule has 1 saturated heterocycles. The van der Waals surface area contributed by atoms with Gasteiger partial charge in [-0.1, -0.05) is 6.07 Å². The van der Waals surface area contributed by atoms with E-state index in [4.69, 9.17) is 5.73 Å². The molecule has 0 bridgehead atoms. The molecule has 1 fully saturated rings. The van der Waals surface area contributed by atoms with Crippen molar-refractivity contribution in [2.75, 3.05) is 35.2 Å².